The Morgan fingerprint density at radius 2 is 1.93 bits per heavy atom. The molecule has 9 heteroatoms. The van der Waals surface area contributed by atoms with Gasteiger partial charge in [0.05, 0.1) is 29.6 Å². The number of nitrogens with one attached hydrogen (secondary N) is 1. The molecule has 2 unspecified atom stereocenters. The van der Waals surface area contributed by atoms with Crippen molar-refractivity contribution in [3.05, 3.63) is 48.3 Å². The summed E-state index contributed by atoms with van der Waals surface area (Å²) in [6, 6.07) is 7.03. The van der Waals surface area contributed by atoms with E-state index < -0.39 is 5.95 Å². The van der Waals surface area contributed by atoms with Crippen molar-refractivity contribution in [3.63, 3.8) is 0 Å². The van der Waals surface area contributed by atoms with E-state index in [4.69, 9.17) is 4.74 Å². The van der Waals surface area contributed by atoms with Crippen LogP contribution in [-0.4, -0.2) is 33.8 Å². The first kappa shape index (κ1) is 21.3. The van der Waals surface area contributed by atoms with Gasteiger partial charge in [-0.15, -0.1) is 24.8 Å². The fourth-order valence-electron chi connectivity index (χ4n) is 4.40. The molecule has 1 aliphatic heterocycles. The summed E-state index contributed by atoms with van der Waals surface area (Å²) in [6.07, 6.45) is 7.09. The standard InChI is InChI=1S/C20H18FN5O.2ClH/c21-19-2-1-12(9-24-19)18-5-17(11-26-20(18)15(6-22)10-25-26)27-16-3-13-7-23-8-14(13)4-16;;/h1-2,5,9-11,13-14,16,23H,3-4,7-8H2;2*1H. The summed E-state index contributed by atoms with van der Waals surface area (Å²) >= 11 is 0. The van der Waals surface area contributed by atoms with Gasteiger partial charge in [0.2, 0.25) is 5.95 Å². The Morgan fingerprint density at radius 1 is 1.17 bits per heavy atom. The maximum Gasteiger partial charge on any atom is 0.212 e. The molecule has 1 N–H and O–H groups in total. The second kappa shape index (κ2) is 8.54. The molecule has 0 radical (unpaired) electrons. The minimum Gasteiger partial charge on any atom is -0.489 e. The van der Waals surface area contributed by atoms with Crippen molar-refractivity contribution in [1.29, 1.82) is 5.26 Å². The van der Waals surface area contributed by atoms with Gasteiger partial charge in [0.25, 0.3) is 0 Å². The lowest BCUT2D eigenvalue weighted by Crippen LogP contribution is -2.18. The van der Waals surface area contributed by atoms with Gasteiger partial charge < -0.3 is 10.1 Å². The number of rotatable bonds is 3. The molecule has 6 nitrogen and oxygen atoms in total. The highest BCUT2D eigenvalue weighted by Crippen LogP contribution is 2.38. The Balaban J connectivity index is 0.00000120. The first-order chi connectivity index (χ1) is 13.2. The minimum atomic E-state index is -0.540. The Bertz CT molecular complexity index is 1040. The quantitative estimate of drug-likeness (QED) is 0.635. The van der Waals surface area contributed by atoms with E-state index >= 15 is 0 Å². The van der Waals surface area contributed by atoms with E-state index in [0.29, 0.717) is 28.7 Å². The number of nitrogens with zero attached hydrogens (tertiary/aromatic N) is 4. The lowest BCUT2D eigenvalue weighted by atomic mass is 10.0. The van der Waals surface area contributed by atoms with Crippen molar-refractivity contribution in [2.45, 2.75) is 18.9 Å². The Hall–Kier alpha value is -2.40. The smallest absolute Gasteiger partial charge is 0.212 e. The number of ether oxygens (including phenoxy) is 1. The van der Waals surface area contributed by atoms with E-state index in [-0.39, 0.29) is 30.9 Å². The maximum absolute atomic E-state index is 13.3. The maximum atomic E-state index is 13.3. The summed E-state index contributed by atoms with van der Waals surface area (Å²) in [7, 11) is 0. The van der Waals surface area contributed by atoms with E-state index in [1.807, 2.05) is 12.3 Å². The molecule has 5 rings (SSSR count). The Kier molecular flexibility index (Phi) is 6.27. The van der Waals surface area contributed by atoms with Gasteiger partial charge in [0, 0.05) is 17.3 Å². The third-order valence-corrected chi connectivity index (χ3v) is 5.66. The van der Waals surface area contributed by atoms with Crippen molar-refractivity contribution in [3.8, 4) is 22.9 Å². The van der Waals surface area contributed by atoms with Crippen molar-refractivity contribution in [2.24, 2.45) is 11.8 Å². The summed E-state index contributed by atoms with van der Waals surface area (Å²) in [5, 5.41) is 17.1. The highest BCUT2D eigenvalue weighted by atomic mass is 35.5. The highest BCUT2D eigenvalue weighted by Gasteiger charge is 2.38. The molecule has 0 spiro atoms. The molecule has 2 fully saturated rings. The molecular weight excluding hydrogens is 416 g/mol. The number of fused-ring (bicyclic) bond motifs is 2. The Labute approximate surface area is 179 Å². The van der Waals surface area contributed by atoms with E-state index in [2.05, 4.69) is 21.5 Å². The predicted molar refractivity (Wildman–Crippen MR) is 111 cm³/mol. The van der Waals surface area contributed by atoms with Gasteiger partial charge in [-0.2, -0.15) is 14.8 Å². The lowest BCUT2D eigenvalue weighted by Gasteiger charge is -2.16. The summed E-state index contributed by atoms with van der Waals surface area (Å²) in [5.41, 5.74) is 2.61. The van der Waals surface area contributed by atoms with Gasteiger partial charge in [0.15, 0.2) is 0 Å². The van der Waals surface area contributed by atoms with Crippen LogP contribution in [0.15, 0.2) is 36.8 Å². The van der Waals surface area contributed by atoms with Gasteiger partial charge in [-0.25, -0.2) is 9.50 Å². The monoisotopic (exact) mass is 435 g/mol. The average molecular weight is 436 g/mol. The fourth-order valence-corrected chi connectivity index (χ4v) is 4.40. The zero-order chi connectivity index (χ0) is 18.4. The normalized spacial score (nSPS) is 22.4. The van der Waals surface area contributed by atoms with Gasteiger partial charge in [-0.1, -0.05) is 0 Å². The van der Waals surface area contributed by atoms with Crippen LogP contribution >= 0.6 is 24.8 Å². The third kappa shape index (κ3) is 3.88. The summed E-state index contributed by atoms with van der Waals surface area (Å²) in [4.78, 5) is 3.75. The minimum absolute atomic E-state index is 0. The topological polar surface area (TPSA) is 75.2 Å². The second-order valence-electron chi connectivity index (χ2n) is 7.31. The van der Waals surface area contributed by atoms with E-state index in [1.165, 1.54) is 18.5 Å². The van der Waals surface area contributed by atoms with Crippen molar-refractivity contribution in [2.75, 3.05) is 13.1 Å². The summed E-state index contributed by atoms with van der Waals surface area (Å²) in [5.74, 6) is 1.54. The number of nitriles is 1. The van der Waals surface area contributed by atoms with Crippen LogP contribution in [0.4, 0.5) is 4.39 Å². The third-order valence-electron chi connectivity index (χ3n) is 5.66. The largest absolute Gasteiger partial charge is 0.489 e. The number of hydrogen-bond acceptors (Lipinski definition) is 5. The summed E-state index contributed by atoms with van der Waals surface area (Å²) < 4.78 is 21.2. The zero-order valence-corrected chi connectivity index (χ0v) is 17.0. The van der Waals surface area contributed by atoms with Gasteiger partial charge in [-0.05, 0) is 56.0 Å². The fraction of sp³-hybridized carbons (Fsp3) is 0.350. The molecule has 0 aromatic carbocycles. The van der Waals surface area contributed by atoms with Crippen molar-refractivity contribution >= 4 is 30.3 Å². The molecule has 2 atom stereocenters. The second-order valence-corrected chi connectivity index (χ2v) is 7.31. The molecule has 3 aromatic rings. The number of aromatic nitrogens is 3. The molecule has 1 aliphatic carbocycles. The highest BCUT2D eigenvalue weighted by molar-refractivity contribution is 5.86. The number of pyridine rings is 2. The lowest BCUT2D eigenvalue weighted by molar-refractivity contribution is 0.198. The number of hydrogen-bond donors (Lipinski definition) is 1. The zero-order valence-electron chi connectivity index (χ0n) is 15.4. The van der Waals surface area contributed by atoms with E-state index in [0.717, 1.165) is 37.1 Å². The van der Waals surface area contributed by atoms with Crippen LogP contribution in [0.3, 0.4) is 0 Å². The van der Waals surface area contributed by atoms with E-state index in [1.54, 1.807) is 10.6 Å². The average Bonchev–Trinajstić information content (AvgIpc) is 3.36. The van der Waals surface area contributed by atoms with Crippen LogP contribution < -0.4 is 10.1 Å². The SMILES string of the molecule is Cl.Cl.N#Cc1cnn2cc(OC3CC4CNCC4C3)cc(-c3ccc(F)nc3)c12. The van der Waals surface area contributed by atoms with Gasteiger partial charge in [-0.3, -0.25) is 0 Å². The molecule has 2 aliphatic rings. The Morgan fingerprint density at radius 3 is 2.59 bits per heavy atom. The van der Waals surface area contributed by atoms with Crippen LogP contribution in [0.2, 0.25) is 0 Å². The van der Waals surface area contributed by atoms with Gasteiger partial charge >= 0.3 is 0 Å². The molecule has 1 saturated carbocycles. The number of halogens is 3. The molecule has 0 amide bonds. The van der Waals surface area contributed by atoms with Crippen molar-refractivity contribution < 1.29 is 9.13 Å². The molecule has 29 heavy (non-hydrogen) atoms. The van der Waals surface area contributed by atoms with E-state index in [9.17, 15) is 9.65 Å². The molecular formula is C20H20Cl2FN5O. The van der Waals surface area contributed by atoms with Crippen molar-refractivity contribution in [1.82, 2.24) is 19.9 Å². The molecule has 3 aromatic heterocycles. The molecule has 152 valence electrons. The molecule has 4 heterocycles. The summed E-state index contributed by atoms with van der Waals surface area (Å²) in [6.45, 7) is 2.14. The van der Waals surface area contributed by atoms with Crippen LogP contribution in [-0.2, 0) is 0 Å². The molecule has 0 bridgehead atoms. The van der Waals surface area contributed by atoms with Crippen LogP contribution in [0.25, 0.3) is 16.6 Å². The first-order valence-electron chi connectivity index (χ1n) is 9.12. The molecule has 1 saturated heterocycles. The van der Waals surface area contributed by atoms with Crippen LogP contribution in [0.5, 0.6) is 5.75 Å². The van der Waals surface area contributed by atoms with Crippen LogP contribution in [0, 0.1) is 29.1 Å². The van der Waals surface area contributed by atoms with Gasteiger partial charge in [0.1, 0.15) is 11.8 Å². The predicted octanol–water partition coefficient (Wildman–Crippen LogP) is 3.63. The first-order valence-corrected chi connectivity index (χ1v) is 9.12. The van der Waals surface area contributed by atoms with Crippen LogP contribution in [0.1, 0.15) is 18.4 Å².